The van der Waals surface area contributed by atoms with Gasteiger partial charge in [-0.05, 0) is 61.6 Å². The van der Waals surface area contributed by atoms with Crippen LogP contribution in [0.1, 0.15) is 36.1 Å². The van der Waals surface area contributed by atoms with Gasteiger partial charge in [0.2, 0.25) is 0 Å². The molecule has 0 atom stereocenters. The predicted molar refractivity (Wildman–Crippen MR) is 151 cm³/mol. The largest absolute Gasteiger partial charge is 0.491 e. The Labute approximate surface area is 246 Å². The molecule has 0 bridgehead atoms. The van der Waals surface area contributed by atoms with E-state index < -0.39 is 34.8 Å². The van der Waals surface area contributed by atoms with Crippen LogP contribution in [0, 0.1) is 11.6 Å². The van der Waals surface area contributed by atoms with E-state index in [-0.39, 0.29) is 24.6 Å². The Morgan fingerprint density at radius 3 is 2.42 bits per heavy atom. The topological polar surface area (TPSA) is 96.4 Å². The van der Waals surface area contributed by atoms with E-state index in [9.17, 15) is 26.7 Å². The van der Waals surface area contributed by atoms with E-state index in [1.54, 1.807) is 12.1 Å². The van der Waals surface area contributed by atoms with Crippen LogP contribution in [0.5, 0.6) is 5.75 Å². The van der Waals surface area contributed by atoms with Crippen molar-refractivity contribution in [2.45, 2.75) is 49.4 Å². The second kappa shape index (κ2) is 9.73. The molecule has 43 heavy (non-hydrogen) atoms. The van der Waals surface area contributed by atoms with Gasteiger partial charge in [-0.3, -0.25) is 4.79 Å². The fourth-order valence-corrected chi connectivity index (χ4v) is 7.32. The Hall–Kier alpha value is -4.07. The zero-order chi connectivity index (χ0) is 30.1. The van der Waals surface area contributed by atoms with Crippen molar-refractivity contribution in [2.75, 3.05) is 24.6 Å². The molecule has 4 aliphatic rings. The number of fused-ring (bicyclic) bond motifs is 3. The maximum absolute atomic E-state index is 14.4. The molecule has 3 aromatic rings. The molecule has 1 aromatic carbocycles. The maximum Gasteiger partial charge on any atom is 0.471 e. The highest BCUT2D eigenvalue weighted by Gasteiger charge is 2.69. The number of amidine groups is 1. The number of amides is 1. The Morgan fingerprint density at radius 1 is 1.07 bits per heavy atom. The number of anilines is 1. The fraction of sp³-hybridized carbons (Fsp3) is 0.379. The Kier molecular flexibility index (Phi) is 6.28. The number of hydrogen-bond acceptors (Lipinski definition) is 6. The second-order valence-corrected chi connectivity index (χ2v) is 12.4. The van der Waals surface area contributed by atoms with Crippen LogP contribution in [-0.4, -0.2) is 64.9 Å². The molecule has 3 fully saturated rings. The number of aliphatic imine (C=N–C) groups is 2. The first kappa shape index (κ1) is 27.7. The summed E-state index contributed by atoms with van der Waals surface area (Å²) in [5, 5.41) is 0. The van der Waals surface area contributed by atoms with Crippen molar-refractivity contribution < 1.29 is 31.5 Å². The van der Waals surface area contributed by atoms with E-state index >= 15 is 0 Å². The van der Waals surface area contributed by atoms with Gasteiger partial charge in [-0.15, -0.1) is 11.3 Å². The molecule has 2 saturated carbocycles. The molecule has 14 heteroatoms. The number of benzene rings is 1. The standard InChI is InChI=1S/C29H25F5N6O2S/c30-17-1-2-19(18(31)12-17)37-25(36-15-35)21-11-16-5-10-42-20-3-4-22(38-23(20)24(16)43-21)39-13-27(6-7-27)40(26(41)29(32,33)34)28(14-39)8-9-28/h1-4,11-12,15H,5-10,13-14H2,(H2,35,36,37). The molecular formula is C29H25F5N6O2S. The number of rotatable bonds is 3. The molecule has 4 heterocycles. The number of aromatic nitrogens is 1. The molecule has 0 radical (unpaired) electrons. The van der Waals surface area contributed by atoms with Crippen molar-refractivity contribution in [2.24, 2.45) is 15.7 Å². The highest BCUT2D eigenvalue weighted by Crippen LogP contribution is 2.58. The number of ether oxygens (including phenoxy) is 1. The zero-order valence-corrected chi connectivity index (χ0v) is 23.4. The van der Waals surface area contributed by atoms with E-state index in [1.165, 1.54) is 17.4 Å². The lowest BCUT2D eigenvalue weighted by Gasteiger charge is -2.49. The minimum atomic E-state index is -4.92. The number of nitrogens with zero attached hydrogens (tertiary/aromatic N) is 5. The van der Waals surface area contributed by atoms with Crippen LogP contribution >= 0.6 is 11.3 Å². The smallest absolute Gasteiger partial charge is 0.471 e. The van der Waals surface area contributed by atoms with Gasteiger partial charge < -0.3 is 20.3 Å². The summed E-state index contributed by atoms with van der Waals surface area (Å²) < 4.78 is 74.4. The van der Waals surface area contributed by atoms with Crippen LogP contribution in [0.4, 0.5) is 33.5 Å². The van der Waals surface area contributed by atoms with E-state index in [0.29, 0.717) is 60.8 Å². The van der Waals surface area contributed by atoms with Gasteiger partial charge in [0.15, 0.2) is 11.7 Å². The number of carbonyl (C=O) groups is 1. The fourth-order valence-electron chi connectivity index (χ4n) is 6.17. The second-order valence-electron chi connectivity index (χ2n) is 11.3. The molecular weight excluding hydrogens is 591 g/mol. The summed E-state index contributed by atoms with van der Waals surface area (Å²) in [6.45, 7) is 0.898. The third-order valence-corrected chi connectivity index (χ3v) is 9.57. The third kappa shape index (κ3) is 4.81. The quantitative estimate of drug-likeness (QED) is 0.243. The lowest BCUT2D eigenvalue weighted by Crippen LogP contribution is -2.66. The van der Waals surface area contributed by atoms with Crippen molar-refractivity contribution in [1.29, 1.82) is 0 Å². The molecule has 2 aliphatic carbocycles. The van der Waals surface area contributed by atoms with Crippen molar-refractivity contribution in [3.63, 3.8) is 0 Å². The Morgan fingerprint density at radius 2 is 1.79 bits per heavy atom. The minimum absolute atomic E-state index is 0.0964. The number of carbonyl (C=O) groups excluding carboxylic acids is 1. The number of hydrogen-bond donors (Lipinski definition) is 1. The first-order valence-corrected chi connectivity index (χ1v) is 14.6. The van der Waals surface area contributed by atoms with E-state index in [0.717, 1.165) is 33.8 Å². The number of thiophene rings is 1. The summed E-state index contributed by atoms with van der Waals surface area (Å²) in [6.07, 6.45) is -1.28. The van der Waals surface area contributed by atoms with Crippen molar-refractivity contribution in [1.82, 2.24) is 9.88 Å². The van der Waals surface area contributed by atoms with Gasteiger partial charge in [-0.25, -0.2) is 23.7 Å². The first-order valence-electron chi connectivity index (χ1n) is 13.7. The van der Waals surface area contributed by atoms with Crippen LogP contribution in [0.15, 0.2) is 46.4 Å². The summed E-state index contributed by atoms with van der Waals surface area (Å²) in [6, 6.07) is 8.52. The van der Waals surface area contributed by atoms with Gasteiger partial charge in [0.25, 0.3) is 0 Å². The van der Waals surface area contributed by atoms with Gasteiger partial charge >= 0.3 is 12.1 Å². The average molecular weight is 617 g/mol. The highest BCUT2D eigenvalue weighted by molar-refractivity contribution is 7.17. The van der Waals surface area contributed by atoms with Crippen LogP contribution in [0.25, 0.3) is 10.6 Å². The van der Waals surface area contributed by atoms with Crippen LogP contribution in [0.3, 0.4) is 0 Å². The lowest BCUT2D eigenvalue weighted by molar-refractivity contribution is -0.193. The van der Waals surface area contributed by atoms with Gasteiger partial charge in [0, 0.05) is 25.6 Å². The van der Waals surface area contributed by atoms with Crippen LogP contribution in [0.2, 0.25) is 0 Å². The molecule has 1 amide bonds. The normalized spacial score (nSPS) is 20.2. The molecule has 1 saturated heterocycles. The summed E-state index contributed by atoms with van der Waals surface area (Å²) in [7, 11) is 0. The number of nitrogens with two attached hydrogens (primary N) is 1. The molecule has 224 valence electrons. The van der Waals surface area contributed by atoms with Crippen molar-refractivity contribution in [3.05, 3.63) is 58.5 Å². The first-order chi connectivity index (χ1) is 20.5. The van der Waals surface area contributed by atoms with Crippen LogP contribution in [-0.2, 0) is 11.2 Å². The average Bonchev–Trinajstić information content (AvgIpc) is 3.87. The van der Waals surface area contributed by atoms with E-state index in [4.69, 9.17) is 15.5 Å². The Bertz CT molecular complexity index is 1670. The van der Waals surface area contributed by atoms with Crippen LogP contribution < -0.4 is 15.4 Å². The SMILES string of the molecule is NC=NC(=Nc1ccc(F)cc1F)c1cc2c(s1)-c1nc(N3CC4(CC4)N(C(=O)C(F)(F)F)C4(CC4)C3)ccc1OCC2. The summed E-state index contributed by atoms with van der Waals surface area (Å²) >= 11 is 1.32. The van der Waals surface area contributed by atoms with Gasteiger partial charge in [-0.2, -0.15) is 13.2 Å². The number of halogens is 5. The molecule has 2 aliphatic heterocycles. The summed E-state index contributed by atoms with van der Waals surface area (Å²) in [5.41, 5.74) is 5.23. The highest BCUT2D eigenvalue weighted by atomic mass is 32.1. The van der Waals surface area contributed by atoms with Crippen molar-refractivity contribution >= 4 is 40.9 Å². The third-order valence-electron chi connectivity index (χ3n) is 8.39. The van der Waals surface area contributed by atoms with Gasteiger partial charge in [0.1, 0.15) is 28.8 Å². The molecule has 2 aromatic heterocycles. The number of alkyl halides is 3. The summed E-state index contributed by atoms with van der Waals surface area (Å²) in [5.74, 6) is -2.04. The van der Waals surface area contributed by atoms with E-state index in [1.807, 2.05) is 11.0 Å². The van der Waals surface area contributed by atoms with Gasteiger partial charge in [0.05, 0.1) is 33.8 Å². The number of pyridine rings is 1. The Balaban J connectivity index is 1.24. The monoisotopic (exact) mass is 616 g/mol. The molecule has 8 nitrogen and oxygen atoms in total. The summed E-state index contributed by atoms with van der Waals surface area (Å²) in [4.78, 5) is 30.4. The number of piperazine rings is 1. The molecule has 2 N–H and O–H groups in total. The maximum atomic E-state index is 14.4. The molecule has 7 rings (SSSR count). The van der Waals surface area contributed by atoms with Crippen molar-refractivity contribution in [3.8, 4) is 16.3 Å². The molecule has 2 spiro atoms. The zero-order valence-electron chi connectivity index (χ0n) is 22.6. The predicted octanol–water partition coefficient (Wildman–Crippen LogP) is 5.36. The lowest BCUT2D eigenvalue weighted by atomic mass is 10.0. The van der Waals surface area contributed by atoms with E-state index in [2.05, 4.69) is 9.98 Å². The molecule has 0 unspecified atom stereocenters. The van der Waals surface area contributed by atoms with Gasteiger partial charge in [-0.1, -0.05) is 0 Å². The minimum Gasteiger partial charge on any atom is -0.491 e.